The lowest BCUT2D eigenvalue weighted by molar-refractivity contribution is -0.184. The van der Waals surface area contributed by atoms with E-state index in [4.69, 9.17) is 11.0 Å². The summed E-state index contributed by atoms with van der Waals surface area (Å²) in [5, 5.41) is 56.9. The summed E-state index contributed by atoms with van der Waals surface area (Å²) < 4.78 is 0. The highest BCUT2D eigenvalue weighted by atomic mass is 16.3. The second-order valence-electron chi connectivity index (χ2n) is 11.6. The Morgan fingerprint density at radius 3 is 2.48 bits per heavy atom. The molecule has 0 saturated heterocycles. The Bertz CT molecular complexity index is 1530. The van der Waals surface area contributed by atoms with Crippen molar-refractivity contribution in [2.75, 3.05) is 20.6 Å². The number of likely N-dealkylation sites (N-methyl/N-ethyl adjacent to an activating group) is 1. The van der Waals surface area contributed by atoms with Crippen LogP contribution in [-0.4, -0.2) is 81.2 Å². The zero-order valence-corrected chi connectivity index (χ0v) is 23.4. The van der Waals surface area contributed by atoms with Gasteiger partial charge in [0.1, 0.15) is 17.4 Å². The summed E-state index contributed by atoms with van der Waals surface area (Å²) in [6.45, 7) is 1.17. The van der Waals surface area contributed by atoms with Crippen molar-refractivity contribution in [2.24, 2.45) is 23.5 Å². The predicted octanol–water partition coefficient (Wildman–Crippen LogP) is 0.799. The molecule has 42 heavy (non-hydrogen) atoms. The molecule has 0 heterocycles. The molecule has 0 radical (unpaired) electrons. The number of Topliss-reactive ketones (excluding diaryl/α,β-unsaturated/α-hetero) is 2. The highest BCUT2D eigenvalue weighted by Gasteiger charge is 2.67. The van der Waals surface area contributed by atoms with Crippen molar-refractivity contribution in [3.05, 3.63) is 58.7 Å². The summed E-state index contributed by atoms with van der Waals surface area (Å²) in [5.41, 5.74) is 5.79. The number of amides is 1. The van der Waals surface area contributed by atoms with E-state index >= 15 is 0 Å². The molecule has 0 spiro atoms. The fraction of sp³-hybridized carbons (Fsp3) is 0.419. The van der Waals surface area contributed by atoms with Crippen LogP contribution in [0.2, 0.25) is 0 Å². The van der Waals surface area contributed by atoms with Crippen LogP contribution in [0.5, 0.6) is 5.75 Å². The standard InChI is InChI=1S/C31H34N4O7/c1-35(2)25-20-13-17-12-19-18(16-6-4-15(5-7-16)14-34-11-3-10-32)8-9-21(36)23(19)26(37)22(17)28(39)31(20,42)29(40)24(27(25)38)30(33)41/h4-9,17,20,24-25,27,34,36-38,42H,3,11-14H2,1-2H3,(H2,33,41)/t17-,20-,24?,25?,27?,31-/m0/s1. The first-order valence-electron chi connectivity index (χ1n) is 13.8. The number of benzene rings is 2. The largest absolute Gasteiger partial charge is 0.507 e. The molecule has 3 unspecified atom stereocenters. The summed E-state index contributed by atoms with van der Waals surface area (Å²) >= 11 is 0. The molecule has 2 fully saturated rings. The molecule has 2 aromatic carbocycles. The molecule has 7 N–H and O–H groups in total. The number of aromatic hydroxyl groups is 1. The number of nitrogens with one attached hydrogen (secondary N) is 1. The molecule has 3 aliphatic carbocycles. The molecule has 2 aromatic rings. The predicted molar refractivity (Wildman–Crippen MR) is 151 cm³/mol. The van der Waals surface area contributed by atoms with Gasteiger partial charge < -0.3 is 36.4 Å². The van der Waals surface area contributed by atoms with Crippen molar-refractivity contribution in [2.45, 2.75) is 43.6 Å². The minimum absolute atomic E-state index is 0.0512. The lowest BCUT2D eigenvalue weighted by Crippen LogP contribution is -2.73. The number of carbonyl (C=O) groups is 3. The third kappa shape index (κ3) is 4.48. The number of nitriles is 1. The maximum Gasteiger partial charge on any atom is 0.230 e. The van der Waals surface area contributed by atoms with E-state index in [1.54, 1.807) is 25.1 Å². The second-order valence-corrected chi connectivity index (χ2v) is 11.6. The summed E-state index contributed by atoms with van der Waals surface area (Å²) in [6.07, 6.45) is -0.851. The highest BCUT2D eigenvalue weighted by molar-refractivity contribution is 6.25. The number of phenols is 1. The number of nitrogens with two attached hydrogens (primary N) is 1. The van der Waals surface area contributed by atoms with Crippen molar-refractivity contribution in [3.8, 4) is 22.9 Å². The van der Waals surface area contributed by atoms with E-state index < -0.39 is 58.7 Å². The van der Waals surface area contributed by atoms with Gasteiger partial charge in [-0.3, -0.25) is 14.4 Å². The molecule has 5 rings (SSSR count). The van der Waals surface area contributed by atoms with Gasteiger partial charge in [-0.15, -0.1) is 0 Å². The fourth-order valence-corrected chi connectivity index (χ4v) is 7.05. The Kier molecular flexibility index (Phi) is 7.68. The lowest BCUT2D eigenvalue weighted by Gasteiger charge is -2.53. The lowest BCUT2D eigenvalue weighted by atomic mass is 9.54. The molecular formula is C31H34N4O7. The number of aliphatic hydroxyl groups excluding tert-OH is 2. The molecule has 220 valence electrons. The molecule has 0 aromatic heterocycles. The van der Waals surface area contributed by atoms with Crippen LogP contribution < -0.4 is 11.1 Å². The van der Waals surface area contributed by atoms with Crippen LogP contribution in [0.4, 0.5) is 0 Å². The fourth-order valence-electron chi connectivity index (χ4n) is 7.05. The van der Waals surface area contributed by atoms with Crippen molar-refractivity contribution in [3.63, 3.8) is 0 Å². The maximum atomic E-state index is 14.0. The minimum Gasteiger partial charge on any atom is -0.507 e. The van der Waals surface area contributed by atoms with Gasteiger partial charge in [-0.05, 0) is 61.2 Å². The molecule has 6 atom stereocenters. The number of hydrogen-bond donors (Lipinski definition) is 6. The van der Waals surface area contributed by atoms with Gasteiger partial charge in [0.25, 0.3) is 0 Å². The van der Waals surface area contributed by atoms with Gasteiger partial charge in [0.05, 0.1) is 17.7 Å². The summed E-state index contributed by atoms with van der Waals surface area (Å²) in [4.78, 5) is 41.2. The number of hydrogen-bond acceptors (Lipinski definition) is 10. The first kappa shape index (κ1) is 29.4. The molecule has 0 bridgehead atoms. The molecule has 1 amide bonds. The van der Waals surface area contributed by atoms with Crippen LogP contribution >= 0.6 is 0 Å². The molecule has 0 aliphatic heterocycles. The van der Waals surface area contributed by atoms with Crippen LogP contribution in [0.1, 0.15) is 29.5 Å². The van der Waals surface area contributed by atoms with Crippen LogP contribution in [0.25, 0.3) is 16.9 Å². The van der Waals surface area contributed by atoms with Gasteiger partial charge in [0, 0.05) is 37.0 Å². The number of primary amides is 1. The number of ketones is 2. The van der Waals surface area contributed by atoms with Gasteiger partial charge in [0.2, 0.25) is 11.7 Å². The Morgan fingerprint density at radius 1 is 1.17 bits per heavy atom. The van der Waals surface area contributed by atoms with E-state index in [9.17, 15) is 34.8 Å². The Balaban J connectivity index is 1.57. The van der Waals surface area contributed by atoms with E-state index in [2.05, 4.69) is 11.4 Å². The van der Waals surface area contributed by atoms with Crippen molar-refractivity contribution in [1.82, 2.24) is 10.2 Å². The number of nitrogens with zero attached hydrogens (tertiary/aromatic N) is 2. The van der Waals surface area contributed by atoms with Crippen molar-refractivity contribution >= 4 is 23.2 Å². The van der Waals surface area contributed by atoms with Gasteiger partial charge in [-0.2, -0.15) is 5.26 Å². The second kappa shape index (κ2) is 11.0. The van der Waals surface area contributed by atoms with E-state index in [-0.39, 0.29) is 29.7 Å². The summed E-state index contributed by atoms with van der Waals surface area (Å²) in [6, 6.07) is 12.0. The number of phenolic OH excluding ortho intramolecular Hbond substituents is 1. The Hall–Kier alpha value is -4.08. The molecule has 3 aliphatic rings. The number of carbonyl (C=O) groups excluding carboxylic acids is 3. The maximum absolute atomic E-state index is 14.0. The van der Waals surface area contributed by atoms with Crippen LogP contribution in [0.15, 0.2) is 42.0 Å². The number of rotatable bonds is 7. The average Bonchev–Trinajstić information content (AvgIpc) is 2.93. The van der Waals surface area contributed by atoms with Gasteiger partial charge in [-0.1, -0.05) is 30.3 Å². The number of fused-ring (bicyclic) bond motifs is 3. The molecule has 11 nitrogen and oxygen atoms in total. The Morgan fingerprint density at radius 2 is 1.86 bits per heavy atom. The third-order valence-corrected chi connectivity index (χ3v) is 8.98. The molecule has 2 saturated carbocycles. The third-order valence-electron chi connectivity index (χ3n) is 8.98. The zero-order chi connectivity index (χ0) is 30.5. The van der Waals surface area contributed by atoms with Crippen LogP contribution in [0, 0.1) is 29.1 Å². The SMILES string of the molecule is CN(C)C1C(O)C(C(N)=O)C(=O)[C@@]2(O)C(=O)C3=C(O)c4c(O)ccc(-c5ccc(CNCCC#N)cc5)c4C[C@H]3C[C@@H]12. The van der Waals surface area contributed by atoms with Crippen molar-refractivity contribution in [1.29, 1.82) is 5.26 Å². The van der Waals surface area contributed by atoms with Gasteiger partial charge >= 0.3 is 0 Å². The average molecular weight is 575 g/mol. The zero-order valence-electron chi connectivity index (χ0n) is 23.4. The van der Waals surface area contributed by atoms with E-state index in [1.165, 1.54) is 6.07 Å². The minimum atomic E-state index is -2.69. The van der Waals surface area contributed by atoms with Gasteiger partial charge in [-0.25, -0.2) is 0 Å². The summed E-state index contributed by atoms with van der Waals surface area (Å²) in [5.74, 6) is -7.67. The molecule has 11 heteroatoms. The first-order valence-corrected chi connectivity index (χ1v) is 13.8. The molecular weight excluding hydrogens is 540 g/mol. The monoisotopic (exact) mass is 574 g/mol. The first-order chi connectivity index (χ1) is 19.9. The highest BCUT2D eigenvalue weighted by Crippen LogP contribution is 2.53. The normalized spacial score (nSPS) is 28.6. The van der Waals surface area contributed by atoms with E-state index in [0.29, 0.717) is 25.1 Å². The van der Waals surface area contributed by atoms with Gasteiger partial charge in [0.15, 0.2) is 11.4 Å². The Labute approximate surface area is 242 Å². The van der Waals surface area contributed by atoms with Crippen LogP contribution in [-0.2, 0) is 27.3 Å². The smallest absolute Gasteiger partial charge is 0.230 e. The van der Waals surface area contributed by atoms with Crippen molar-refractivity contribution < 1.29 is 34.8 Å². The topological polar surface area (TPSA) is 197 Å². The van der Waals surface area contributed by atoms with E-state index in [0.717, 1.165) is 16.7 Å². The number of aliphatic hydroxyl groups is 3. The van der Waals surface area contributed by atoms with E-state index in [1.807, 2.05) is 24.3 Å². The van der Waals surface area contributed by atoms with Crippen LogP contribution in [0.3, 0.4) is 0 Å². The quantitative estimate of drug-likeness (QED) is 0.203. The summed E-state index contributed by atoms with van der Waals surface area (Å²) in [7, 11) is 3.23.